The van der Waals surface area contributed by atoms with Gasteiger partial charge in [0.25, 0.3) is 0 Å². The molecule has 0 amide bonds. The minimum Gasteiger partial charge on any atom is -0.354 e. The summed E-state index contributed by atoms with van der Waals surface area (Å²) in [7, 11) is -3.71. The van der Waals surface area contributed by atoms with Crippen LogP contribution in [0, 0.1) is 11.5 Å². The van der Waals surface area contributed by atoms with Gasteiger partial charge < -0.3 is 9.97 Å². The van der Waals surface area contributed by atoms with Crippen molar-refractivity contribution in [2.45, 2.75) is 196 Å². The molecule has 0 saturated carbocycles. The van der Waals surface area contributed by atoms with Crippen LogP contribution in [0.5, 0.6) is 0 Å². The minimum atomic E-state index is -1.99. The summed E-state index contributed by atoms with van der Waals surface area (Å²) in [5, 5.41) is 1.20. The topological polar surface area (TPSA) is 57.4 Å². The normalized spacial score (nSPS) is 14.0. The SMILES string of the molecule is CC(C)(C)c1cc(-c2c3nc(c(/C=C(\C#C[Si](C)(C)C)[Si](C)(C)C)c4nc(c(-c5cc(C(C)(C)C)cc(C(C)(C)C)c5)c5ccc([nH]5)c(-c5cc(C(C)(C)C)cc(C(C)(C)C)c5)c5ccc2[nH]5)C=C4)C=C3)cc(C(C)(C)C)c1. The van der Waals surface area contributed by atoms with Crippen LogP contribution in [0.3, 0.4) is 0 Å². The summed E-state index contributed by atoms with van der Waals surface area (Å²) < 4.78 is 0. The van der Waals surface area contributed by atoms with Crippen LogP contribution in [0.25, 0.3) is 85.8 Å². The molecular weight excluding hydrogens is 977 g/mol. The third-order valence-electron chi connectivity index (χ3n) is 15.3. The lowest BCUT2D eigenvalue weighted by Crippen LogP contribution is -2.24. The van der Waals surface area contributed by atoms with Gasteiger partial charge in [-0.1, -0.05) is 224 Å². The molecule has 3 aromatic heterocycles. The molecule has 6 heteroatoms. The standard InChI is InChI=1S/C72H92N4Si2/c1-67(2,3)48-35-45(36-49(41-48)68(4,5)6)64-58-27-25-56(73-58)55(44-54(78(22,23)24)33-34-77(19,20)21)57-26-28-59(74-57)65(46-37-50(69(7,8)9)42-51(38-46)70(10,11)12)61-30-32-63(76-61)66(62-31-29-60(64)75-62)47-39-52(71(13,14)15)43-53(40-47)72(16,17)18/h25-32,35-44,75-76H,1-24H3/b54-44+,56-55?,57-55?,64-58?,64-60?,65-59?,65-61?,66-62?,66-63?. The highest BCUT2D eigenvalue weighted by Gasteiger charge is 2.28. The Kier molecular flexibility index (Phi) is 14.9. The number of hydrogen-bond donors (Lipinski definition) is 2. The number of fused-ring (bicyclic) bond motifs is 8. The highest BCUT2D eigenvalue weighted by molar-refractivity contribution is 6.86. The van der Waals surface area contributed by atoms with Crippen molar-refractivity contribution in [2.24, 2.45) is 0 Å². The Morgan fingerprint density at radius 1 is 0.385 bits per heavy atom. The van der Waals surface area contributed by atoms with E-state index in [0.29, 0.717) is 0 Å². The lowest BCUT2D eigenvalue weighted by molar-refractivity contribution is 0.568. The van der Waals surface area contributed by atoms with Crippen molar-refractivity contribution in [3.05, 3.63) is 146 Å². The molecular formula is C72H92N4Si2. The fourth-order valence-corrected chi connectivity index (χ4v) is 11.7. The van der Waals surface area contributed by atoms with Crippen LogP contribution in [-0.2, 0) is 32.5 Å². The predicted octanol–water partition coefficient (Wildman–Crippen LogP) is 20.6. The zero-order chi connectivity index (χ0) is 57.7. The Morgan fingerprint density at radius 2 is 0.654 bits per heavy atom. The number of allylic oxidation sites excluding steroid dienone is 1. The number of aromatic amines is 2. The monoisotopic (exact) mass is 1070 g/mol. The second-order valence-electron chi connectivity index (χ2n) is 30.7. The Balaban J connectivity index is 1.67. The van der Waals surface area contributed by atoms with Gasteiger partial charge in [-0.25, -0.2) is 9.97 Å². The van der Waals surface area contributed by atoms with E-state index in [-0.39, 0.29) is 32.5 Å². The molecule has 4 nitrogen and oxygen atoms in total. The molecule has 0 saturated heterocycles. The second-order valence-corrected chi connectivity index (χ2v) is 40.5. The summed E-state index contributed by atoms with van der Waals surface area (Å²) in [6.07, 6.45) is 11.3. The Labute approximate surface area is 472 Å². The van der Waals surface area contributed by atoms with Crippen LogP contribution in [0.2, 0.25) is 39.3 Å². The summed E-state index contributed by atoms with van der Waals surface area (Å²) in [5.74, 6) is 3.80. The maximum absolute atomic E-state index is 5.77. The van der Waals surface area contributed by atoms with Crippen LogP contribution in [0.1, 0.15) is 186 Å². The first kappa shape index (κ1) is 58.1. The van der Waals surface area contributed by atoms with Gasteiger partial charge in [-0.2, -0.15) is 0 Å². The molecule has 2 N–H and O–H groups in total. The van der Waals surface area contributed by atoms with Crippen LogP contribution >= 0.6 is 0 Å². The molecule has 0 fully saturated rings. The van der Waals surface area contributed by atoms with E-state index < -0.39 is 16.1 Å². The quantitative estimate of drug-likeness (QED) is 0.133. The molecule has 0 spiro atoms. The largest absolute Gasteiger partial charge is 0.354 e. The fraction of sp³-hybridized carbons (Fsp3) is 0.417. The Bertz CT molecular complexity index is 3410. The van der Waals surface area contributed by atoms with E-state index in [9.17, 15) is 0 Å². The number of benzene rings is 3. The molecule has 3 aromatic carbocycles. The van der Waals surface area contributed by atoms with Gasteiger partial charge in [0.05, 0.1) is 30.8 Å². The summed E-state index contributed by atoms with van der Waals surface area (Å²) in [4.78, 5) is 19.8. The van der Waals surface area contributed by atoms with Gasteiger partial charge in [0, 0.05) is 44.3 Å². The maximum atomic E-state index is 5.77. The highest BCUT2D eigenvalue weighted by atomic mass is 28.3. The number of H-pyrrole nitrogens is 2. The van der Waals surface area contributed by atoms with Crippen molar-refractivity contribution in [3.63, 3.8) is 0 Å². The molecule has 6 aromatic rings. The van der Waals surface area contributed by atoms with E-state index in [0.717, 1.165) is 83.8 Å². The first-order valence-electron chi connectivity index (χ1n) is 28.6. The van der Waals surface area contributed by atoms with Crippen LogP contribution < -0.4 is 0 Å². The van der Waals surface area contributed by atoms with Gasteiger partial charge in [0.15, 0.2) is 0 Å². The lowest BCUT2D eigenvalue weighted by atomic mass is 9.78. The molecule has 8 rings (SSSR count). The molecule has 78 heavy (non-hydrogen) atoms. The zero-order valence-electron chi connectivity index (χ0n) is 52.3. The molecule has 0 atom stereocenters. The third-order valence-corrected chi connectivity index (χ3v) is 18.1. The van der Waals surface area contributed by atoms with E-state index in [1.165, 1.54) is 38.6 Å². The van der Waals surface area contributed by atoms with E-state index >= 15 is 0 Å². The first-order valence-corrected chi connectivity index (χ1v) is 35.6. The van der Waals surface area contributed by atoms with Gasteiger partial charge in [-0.3, -0.25) is 0 Å². The van der Waals surface area contributed by atoms with Gasteiger partial charge in [-0.05, 0) is 142 Å². The number of hydrogen-bond acceptors (Lipinski definition) is 2. The number of nitrogens with one attached hydrogen (secondary N) is 2. The second kappa shape index (κ2) is 20.0. The Hall–Kier alpha value is -6.01. The van der Waals surface area contributed by atoms with E-state index in [4.69, 9.17) is 9.97 Å². The average molecular weight is 1070 g/mol. The van der Waals surface area contributed by atoms with E-state index in [1.807, 2.05) is 0 Å². The maximum Gasteiger partial charge on any atom is 0.129 e. The molecule has 8 bridgehead atoms. The minimum absolute atomic E-state index is 0.0890. The van der Waals surface area contributed by atoms with Crippen LogP contribution in [0.15, 0.2) is 84.1 Å². The first-order chi connectivity index (χ1) is 35.6. The number of aromatic nitrogens is 4. The van der Waals surface area contributed by atoms with E-state index in [1.54, 1.807) is 0 Å². The molecule has 0 unspecified atom stereocenters. The molecule has 408 valence electrons. The van der Waals surface area contributed by atoms with Crippen molar-refractivity contribution < 1.29 is 0 Å². The summed E-state index contributed by atoms with van der Waals surface area (Å²) in [5.41, 5.74) is 26.3. The smallest absolute Gasteiger partial charge is 0.129 e. The molecule has 0 aliphatic carbocycles. The molecule has 2 aliphatic rings. The molecule has 5 heterocycles. The summed E-state index contributed by atoms with van der Waals surface area (Å²) in [6, 6.07) is 30.9. The van der Waals surface area contributed by atoms with Gasteiger partial charge in [0.1, 0.15) is 8.07 Å². The summed E-state index contributed by atoms with van der Waals surface area (Å²) >= 11 is 0. The van der Waals surface area contributed by atoms with Gasteiger partial charge >= 0.3 is 0 Å². The van der Waals surface area contributed by atoms with Crippen molar-refractivity contribution in [2.75, 3.05) is 0 Å². The van der Waals surface area contributed by atoms with E-state index in [2.05, 4.69) is 295 Å². The van der Waals surface area contributed by atoms with Crippen molar-refractivity contribution in [1.29, 1.82) is 0 Å². The van der Waals surface area contributed by atoms with Crippen molar-refractivity contribution in [1.82, 2.24) is 19.9 Å². The van der Waals surface area contributed by atoms with Gasteiger partial charge in [0.2, 0.25) is 0 Å². The lowest BCUT2D eigenvalue weighted by Gasteiger charge is -2.26. The highest BCUT2D eigenvalue weighted by Crippen LogP contribution is 2.43. The zero-order valence-corrected chi connectivity index (χ0v) is 54.3. The average Bonchev–Trinajstić information content (AvgIpc) is 4.24. The van der Waals surface area contributed by atoms with Crippen molar-refractivity contribution >= 4 is 68.6 Å². The van der Waals surface area contributed by atoms with Crippen LogP contribution in [0.4, 0.5) is 0 Å². The van der Waals surface area contributed by atoms with Crippen LogP contribution in [-0.4, -0.2) is 36.1 Å². The van der Waals surface area contributed by atoms with Crippen molar-refractivity contribution in [3.8, 4) is 44.8 Å². The fourth-order valence-electron chi connectivity index (χ4n) is 10.0. The third kappa shape index (κ3) is 12.7. The number of rotatable bonds is 5. The number of nitrogens with zero attached hydrogens (tertiary/aromatic N) is 2. The van der Waals surface area contributed by atoms with Gasteiger partial charge in [-0.15, -0.1) is 5.54 Å². The Morgan fingerprint density at radius 3 is 0.923 bits per heavy atom. The molecule has 0 radical (unpaired) electrons. The summed E-state index contributed by atoms with van der Waals surface area (Å²) in [6.45, 7) is 56.0. The predicted molar refractivity (Wildman–Crippen MR) is 350 cm³/mol. The molecule has 2 aliphatic heterocycles.